The van der Waals surface area contributed by atoms with Gasteiger partial charge in [0, 0.05) is 188 Å². The normalized spacial score (nSPS) is 11.8. The van der Waals surface area contributed by atoms with E-state index in [0.717, 1.165) is 114 Å². The molecule has 0 aliphatic heterocycles. The quantitative estimate of drug-likeness (QED) is 0.108. The van der Waals surface area contributed by atoms with E-state index >= 15 is 0 Å². The maximum absolute atomic E-state index is 5.26. The summed E-state index contributed by atoms with van der Waals surface area (Å²) in [6.45, 7) is 0. The molecule has 147 heavy (non-hydrogen) atoms. The summed E-state index contributed by atoms with van der Waals surface area (Å²) in [5.74, 6) is 5.95. The number of nitrogens with zero attached hydrogens (tertiary/aromatic N) is 12. The Labute approximate surface area is 875 Å². The van der Waals surface area contributed by atoms with Crippen LogP contribution in [0, 0.1) is 0 Å². The number of aromatic nitrogens is 12. The molecule has 0 atom stereocenters. The van der Waals surface area contributed by atoms with Crippen LogP contribution in [0.5, 0.6) is 0 Å². The van der Waals surface area contributed by atoms with E-state index in [1.807, 2.05) is 95.5 Å². The van der Waals surface area contributed by atoms with Crippen molar-refractivity contribution < 1.29 is 0 Å². The van der Waals surface area contributed by atoms with E-state index in [-0.39, 0.29) is 0 Å². The van der Waals surface area contributed by atoms with E-state index < -0.39 is 0 Å². The number of para-hydroxylation sites is 3. The van der Waals surface area contributed by atoms with Crippen molar-refractivity contribution in [2.75, 3.05) is 0 Å². The van der Waals surface area contributed by atoms with Gasteiger partial charge in [0.25, 0.3) is 0 Å². The van der Waals surface area contributed by atoms with Crippen LogP contribution < -0.4 is 0 Å². The summed E-state index contributed by atoms with van der Waals surface area (Å²) in [4.78, 5) is 61.2. The molecule has 0 bridgehead atoms. The van der Waals surface area contributed by atoms with Gasteiger partial charge < -0.3 is 0 Å². The SMILES string of the molecule is c1ccc(-c2nc(-c3ccc(-c4cccc5c4sc4ccccc45)cc3)nc(-c3cccc4sc5ccc(-c6nc7ccccc7s6)cc5c34)n2)cc1.c1ccc(-c2nc(-c3ccc4sc5ccccc5c4c3)nc(-c3cccc4sc5ccc(-c6nc7ccccc7s6)cc5c34)n2)cc1.c1ccc(-c2nc(-c3cccc4sc5ccccc5c34)nc(-c3cccc4sc5ccc(-c6nc7ccccc7s6)cc5c34)n2)cc1. The fourth-order valence-electron chi connectivity index (χ4n) is 20.0. The smallest absolute Gasteiger partial charge is 0.164 e. The van der Waals surface area contributed by atoms with Gasteiger partial charge in [0.05, 0.1) is 30.6 Å². The maximum Gasteiger partial charge on any atom is 0.164 e. The van der Waals surface area contributed by atoms with E-state index in [1.54, 1.807) is 79.4 Å². The van der Waals surface area contributed by atoms with Gasteiger partial charge in [-0.15, -0.1) is 102 Å². The molecule has 0 saturated carbocycles. The first-order valence-corrected chi connectivity index (χ1v) is 55.3. The highest BCUT2D eigenvalue weighted by Gasteiger charge is 2.26. The molecule has 12 heterocycles. The van der Waals surface area contributed by atoms with Crippen LogP contribution in [-0.4, -0.2) is 59.8 Å². The fourth-order valence-corrected chi connectivity index (χ4v) is 29.7. The molecule has 12 nitrogen and oxygen atoms in total. The minimum atomic E-state index is 0.646. The zero-order valence-corrected chi connectivity index (χ0v) is 84.8. The Morgan fingerprint density at radius 3 is 0.769 bits per heavy atom. The van der Waals surface area contributed by atoms with Gasteiger partial charge in [-0.2, -0.15) is 0 Å². The molecule has 0 unspecified atom stereocenters. The van der Waals surface area contributed by atoms with Gasteiger partial charge in [-0.05, 0) is 145 Å². The highest BCUT2D eigenvalue weighted by atomic mass is 32.1. The average Bonchev–Trinajstić information content (AvgIpc) is 1.59. The van der Waals surface area contributed by atoms with Crippen LogP contribution in [0.25, 0.3) is 297 Å². The number of hydrogen-bond acceptors (Lipinski definition) is 21. The van der Waals surface area contributed by atoms with Gasteiger partial charge in [0.1, 0.15) is 15.0 Å². The highest BCUT2D eigenvalue weighted by Crippen LogP contribution is 2.50. The summed E-state index contributed by atoms with van der Waals surface area (Å²) in [6.07, 6.45) is 0. The van der Waals surface area contributed by atoms with Crippen molar-refractivity contribution in [2.24, 2.45) is 0 Å². The van der Waals surface area contributed by atoms with Gasteiger partial charge in [-0.1, -0.05) is 291 Å². The Hall–Kier alpha value is -16.8. The lowest BCUT2D eigenvalue weighted by Gasteiger charge is -2.10. The van der Waals surface area contributed by atoms with Crippen molar-refractivity contribution in [3.05, 3.63) is 425 Å². The zero-order valence-electron chi connectivity index (χ0n) is 77.5. The van der Waals surface area contributed by atoms with Gasteiger partial charge in [0.2, 0.25) is 0 Å². The second-order valence-corrected chi connectivity index (χ2v) is 45.5. The predicted octanol–water partition coefficient (Wildman–Crippen LogP) is 37.3. The fraction of sp³-hybridized carbons (Fsp3) is 0. The lowest BCUT2D eigenvalue weighted by Crippen LogP contribution is -2.00. The number of benzene rings is 19. The molecule has 19 aromatic carbocycles. The molecule has 0 spiro atoms. The lowest BCUT2D eigenvalue weighted by molar-refractivity contribution is 1.08. The molecule has 31 aromatic rings. The molecule has 0 aliphatic rings. The average molecular weight is 2040 g/mol. The van der Waals surface area contributed by atoms with Crippen LogP contribution in [-0.2, 0) is 0 Å². The third kappa shape index (κ3) is 15.7. The highest BCUT2D eigenvalue weighted by molar-refractivity contribution is 7.28. The maximum atomic E-state index is 5.26. The predicted molar refractivity (Wildman–Crippen MR) is 627 cm³/mol. The van der Waals surface area contributed by atoms with Crippen LogP contribution in [0.2, 0.25) is 0 Å². The molecule has 0 saturated heterocycles. The van der Waals surface area contributed by atoms with Gasteiger partial charge in [-0.25, -0.2) is 59.8 Å². The summed E-state index contributed by atoms with van der Waals surface area (Å²) in [5, 5.41) is 17.6. The van der Waals surface area contributed by atoms with Crippen LogP contribution in [0.4, 0.5) is 0 Å². The molecule has 0 radical (unpaired) electrons. The van der Waals surface area contributed by atoms with Crippen LogP contribution >= 0.6 is 102 Å². The topological polar surface area (TPSA) is 155 Å². The van der Waals surface area contributed by atoms with Crippen molar-refractivity contribution in [3.8, 4) is 145 Å². The van der Waals surface area contributed by atoms with E-state index in [4.69, 9.17) is 59.8 Å². The molecule has 21 heteroatoms. The van der Waals surface area contributed by atoms with E-state index in [1.165, 1.54) is 130 Å². The molecular formula is C126H70N12S9. The van der Waals surface area contributed by atoms with E-state index in [0.29, 0.717) is 52.4 Å². The van der Waals surface area contributed by atoms with Crippen molar-refractivity contribution in [3.63, 3.8) is 0 Å². The summed E-state index contributed by atoms with van der Waals surface area (Å²) >= 11 is 16.0. The molecule has 0 fully saturated rings. The number of thiazole rings is 3. The number of thiophene rings is 6. The van der Waals surface area contributed by atoms with E-state index in [2.05, 4.69) is 352 Å². The van der Waals surface area contributed by atoms with Gasteiger partial charge >= 0.3 is 0 Å². The molecule has 12 aromatic heterocycles. The third-order valence-electron chi connectivity index (χ3n) is 27.0. The van der Waals surface area contributed by atoms with Gasteiger partial charge in [-0.3, -0.25) is 0 Å². The Bertz CT molecular complexity index is 10600. The van der Waals surface area contributed by atoms with Crippen LogP contribution in [0.15, 0.2) is 425 Å². The number of hydrogen-bond donors (Lipinski definition) is 0. The second kappa shape index (κ2) is 36.2. The number of rotatable bonds is 13. The Kier molecular flexibility index (Phi) is 21.4. The monoisotopic (exact) mass is 2040 g/mol. The minimum Gasteiger partial charge on any atom is -0.236 e. The largest absolute Gasteiger partial charge is 0.236 e. The molecule has 688 valence electrons. The van der Waals surface area contributed by atoms with Crippen molar-refractivity contribution >= 4 is 254 Å². The molecule has 0 N–H and O–H groups in total. The second-order valence-electron chi connectivity index (χ2n) is 35.9. The van der Waals surface area contributed by atoms with Crippen molar-refractivity contribution in [1.82, 2.24) is 59.8 Å². The van der Waals surface area contributed by atoms with Crippen LogP contribution in [0.1, 0.15) is 0 Å². The summed E-state index contributed by atoms with van der Waals surface area (Å²) < 4.78 is 18.5. The van der Waals surface area contributed by atoms with Crippen molar-refractivity contribution in [2.45, 2.75) is 0 Å². The van der Waals surface area contributed by atoms with Gasteiger partial charge in [0.15, 0.2) is 52.4 Å². The number of fused-ring (bicyclic) bond motifs is 21. The third-order valence-corrected chi connectivity index (χ3v) is 37.1. The Morgan fingerprint density at radius 1 is 0.122 bits per heavy atom. The Balaban J connectivity index is 0.000000104. The first-order valence-electron chi connectivity index (χ1n) is 48.0. The van der Waals surface area contributed by atoms with E-state index in [9.17, 15) is 0 Å². The molecule has 31 rings (SSSR count). The Morgan fingerprint density at radius 2 is 0.367 bits per heavy atom. The van der Waals surface area contributed by atoms with Crippen LogP contribution in [0.3, 0.4) is 0 Å². The molecule has 0 amide bonds. The standard InChI is InChI=1S/C46H26N4S3.2C40H22N4S3/c1-2-10-28(11-3-1)43-48-44(29-22-20-27(21-23-29)31-13-8-14-33-32-12-4-6-17-37(32)52-42(31)33)50-45(49-43)34-15-9-19-40-41(34)35-26-30(24-25-38(35)51-40)46-47-36-16-5-7-18-39(36)53-46;1-2-10-23(11-3-1)37-42-38(26-13-8-18-33-35(26)25-12-4-6-16-30(25)45-33)44-39(43-37)27-14-9-19-34-36(27)28-22-24(20-21-31(28)46-34)40-41-29-15-5-7-17-32(29)47-40;1-2-9-23(10-3-1)37-42-38(24-17-19-32-28(21-24)26-11-4-6-14-31(26)45-32)44-39(43-37)27-12-8-16-35-36(27)29-22-25(18-20-33(29)46-35)40-41-30-13-5-7-15-34(30)47-40/h1-26H;2*1-22H. The molecule has 0 aliphatic carbocycles. The van der Waals surface area contributed by atoms with Crippen molar-refractivity contribution in [1.29, 1.82) is 0 Å². The minimum absolute atomic E-state index is 0.646. The summed E-state index contributed by atoms with van der Waals surface area (Å²) in [5.41, 5.74) is 17.6. The lowest BCUT2D eigenvalue weighted by atomic mass is 10.0. The first kappa shape index (κ1) is 86.8. The first-order chi connectivity index (χ1) is 72.7. The summed E-state index contributed by atoms with van der Waals surface area (Å²) in [7, 11) is 0. The molecular weight excluding hydrogens is 1970 g/mol. The zero-order chi connectivity index (χ0) is 96.7. The summed E-state index contributed by atoms with van der Waals surface area (Å²) in [6, 6.07) is 149.